The second kappa shape index (κ2) is 7.23. The summed E-state index contributed by atoms with van der Waals surface area (Å²) in [5, 5.41) is 15.8. The van der Waals surface area contributed by atoms with E-state index < -0.39 is 5.60 Å². The fraction of sp³-hybridized carbons (Fsp3) is 0.444. The molecule has 124 valence electrons. The van der Waals surface area contributed by atoms with Crippen molar-refractivity contribution in [2.24, 2.45) is 0 Å². The summed E-state index contributed by atoms with van der Waals surface area (Å²) >= 11 is 1.58. The van der Waals surface area contributed by atoms with Gasteiger partial charge in [0.1, 0.15) is 0 Å². The quantitative estimate of drug-likeness (QED) is 0.849. The van der Waals surface area contributed by atoms with Crippen molar-refractivity contribution in [3.05, 3.63) is 51.5 Å². The van der Waals surface area contributed by atoms with Crippen molar-refractivity contribution in [3.8, 4) is 0 Å². The van der Waals surface area contributed by atoms with E-state index in [-0.39, 0.29) is 11.9 Å². The second-order valence-corrected chi connectivity index (χ2v) is 7.56. The number of carbonyl (C=O) groups is 1. The number of hydrogen-bond donors (Lipinski definition) is 2. The zero-order valence-electron chi connectivity index (χ0n) is 14.1. The standard InChI is InChI=1S/C18H24N2O2S/c1-12(16-11-23-13(2)20-16)19-17(21)15-7-5-6-14(10-15)8-9-18(3,4)22/h5-7,10-12,22H,8-9H2,1-4H3,(H,19,21)/t12-/m0/s1. The molecule has 23 heavy (non-hydrogen) atoms. The van der Waals surface area contributed by atoms with Gasteiger partial charge in [-0.05, 0) is 58.2 Å². The van der Waals surface area contributed by atoms with Crippen LogP contribution in [-0.2, 0) is 6.42 Å². The lowest BCUT2D eigenvalue weighted by atomic mass is 9.98. The van der Waals surface area contributed by atoms with Crippen LogP contribution in [0.3, 0.4) is 0 Å². The number of aryl methyl sites for hydroxylation is 2. The van der Waals surface area contributed by atoms with Crippen molar-refractivity contribution in [1.29, 1.82) is 0 Å². The zero-order valence-corrected chi connectivity index (χ0v) is 14.9. The van der Waals surface area contributed by atoms with Gasteiger partial charge >= 0.3 is 0 Å². The molecule has 1 aromatic heterocycles. The Morgan fingerprint density at radius 2 is 2.17 bits per heavy atom. The number of aliphatic hydroxyl groups is 1. The number of thiazole rings is 1. The molecule has 1 atom stereocenters. The molecule has 0 fully saturated rings. The lowest BCUT2D eigenvalue weighted by molar-refractivity contribution is 0.0714. The van der Waals surface area contributed by atoms with Crippen molar-refractivity contribution in [1.82, 2.24) is 10.3 Å². The molecular formula is C18H24N2O2S. The third-order valence-corrected chi connectivity index (χ3v) is 4.43. The van der Waals surface area contributed by atoms with Crippen molar-refractivity contribution >= 4 is 17.2 Å². The number of hydrogen-bond acceptors (Lipinski definition) is 4. The number of rotatable bonds is 6. The molecule has 0 unspecified atom stereocenters. The summed E-state index contributed by atoms with van der Waals surface area (Å²) in [6.07, 6.45) is 1.40. The SMILES string of the molecule is Cc1nc([C@H](C)NC(=O)c2cccc(CCC(C)(C)O)c2)cs1. The maximum absolute atomic E-state index is 12.4. The van der Waals surface area contributed by atoms with Crippen molar-refractivity contribution in [3.63, 3.8) is 0 Å². The fourth-order valence-electron chi connectivity index (χ4n) is 2.25. The Hall–Kier alpha value is -1.72. The van der Waals surface area contributed by atoms with Gasteiger partial charge in [-0.2, -0.15) is 0 Å². The number of nitrogens with zero attached hydrogens (tertiary/aromatic N) is 1. The number of nitrogens with one attached hydrogen (secondary N) is 1. The van der Waals surface area contributed by atoms with Gasteiger partial charge in [0.2, 0.25) is 0 Å². The first kappa shape index (κ1) is 17.6. The summed E-state index contributed by atoms with van der Waals surface area (Å²) in [4.78, 5) is 16.8. The minimum absolute atomic E-state index is 0.103. The normalized spacial score (nSPS) is 12.9. The molecule has 0 spiro atoms. The number of aromatic nitrogens is 1. The van der Waals surface area contributed by atoms with Crippen molar-refractivity contribution < 1.29 is 9.90 Å². The molecule has 5 heteroatoms. The first-order valence-corrected chi connectivity index (χ1v) is 8.67. The molecule has 0 aliphatic carbocycles. The number of carbonyl (C=O) groups excluding carboxylic acids is 1. The highest BCUT2D eigenvalue weighted by Crippen LogP contribution is 2.17. The summed E-state index contributed by atoms with van der Waals surface area (Å²) < 4.78 is 0. The van der Waals surface area contributed by atoms with Gasteiger partial charge < -0.3 is 10.4 Å². The monoisotopic (exact) mass is 332 g/mol. The van der Waals surface area contributed by atoms with Crippen LogP contribution in [-0.4, -0.2) is 21.6 Å². The Morgan fingerprint density at radius 1 is 1.43 bits per heavy atom. The highest BCUT2D eigenvalue weighted by Gasteiger charge is 2.15. The molecule has 0 saturated heterocycles. The van der Waals surface area contributed by atoms with E-state index in [1.54, 1.807) is 25.2 Å². The minimum atomic E-state index is -0.699. The van der Waals surface area contributed by atoms with Crippen LogP contribution in [0.25, 0.3) is 0 Å². The summed E-state index contributed by atoms with van der Waals surface area (Å²) in [5.74, 6) is -0.103. The van der Waals surface area contributed by atoms with E-state index in [0.29, 0.717) is 12.0 Å². The molecule has 0 bridgehead atoms. The van der Waals surface area contributed by atoms with Gasteiger partial charge in [-0.25, -0.2) is 4.98 Å². The van der Waals surface area contributed by atoms with Crippen LogP contribution in [0.1, 0.15) is 59.9 Å². The maximum atomic E-state index is 12.4. The molecule has 4 nitrogen and oxygen atoms in total. The Balaban J connectivity index is 2.02. The van der Waals surface area contributed by atoms with Crippen LogP contribution >= 0.6 is 11.3 Å². The van der Waals surface area contributed by atoms with Crippen LogP contribution in [0, 0.1) is 6.92 Å². The largest absolute Gasteiger partial charge is 0.390 e. The highest BCUT2D eigenvalue weighted by atomic mass is 32.1. The molecule has 2 rings (SSSR count). The zero-order chi connectivity index (χ0) is 17.0. The Kier molecular flexibility index (Phi) is 5.55. The van der Waals surface area contributed by atoms with Crippen LogP contribution in [0.15, 0.2) is 29.6 Å². The van der Waals surface area contributed by atoms with E-state index in [1.165, 1.54) is 0 Å². The van der Waals surface area contributed by atoms with Crippen molar-refractivity contribution in [2.75, 3.05) is 0 Å². The first-order chi connectivity index (χ1) is 10.7. The van der Waals surface area contributed by atoms with Gasteiger partial charge in [-0.15, -0.1) is 11.3 Å². The smallest absolute Gasteiger partial charge is 0.251 e. The summed E-state index contributed by atoms with van der Waals surface area (Å²) in [7, 11) is 0. The van der Waals surface area contributed by atoms with E-state index in [4.69, 9.17) is 0 Å². The third-order valence-electron chi connectivity index (χ3n) is 3.64. The average molecular weight is 332 g/mol. The molecule has 2 aromatic rings. The van der Waals surface area contributed by atoms with E-state index in [9.17, 15) is 9.90 Å². The van der Waals surface area contributed by atoms with E-state index >= 15 is 0 Å². The van der Waals surface area contributed by atoms with Crippen LogP contribution in [0.2, 0.25) is 0 Å². The molecule has 1 amide bonds. The third kappa shape index (κ3) is 5.44. The molecule has 0 saturated carbocycles. The summed E-state index contributed by atoms with van der Waals surface area (Å²) in [5.41, 5.74) is 1.88. The van der Waals surface area contributed by atoms with E-state index in [0.717, 1.165) is 22.7 Å². The Morgan fingerprint density at radius 3 is 2.78 bits per heavy atom. The van der Waals surface area contributed by atoms with Gasteiger partial charge in [-0.1, -0.05) is 12.1 Å². The number of amides is 1. The van der Waals surface area contributed by atoms with Crippen LogP contribution in [0.4, 0.5) is 0 Å². The van der Waals surface area contributed by atoms with Gasteiger partial charge in [0.25, 0.3) is 5.91 Å². The van der Waals surface area contributed by atoms with Gasteiger partial charge in [-0.3, -0.25) is 4.79 Å². The molecule has 2 N–H and O–H groups in total. The minimum Gasteiger partial charge on any atom is -0.390 e. The van der Waals surface area contributed by atoms with E-state index in [2.05, 4.69) is 10.3 Å². The second-order valence-electron chi connectivity index (χ2n) is 6.50. The van der Waals surface area contributed by atoms with Crippen LogP contribution < -0.4 is 5.32 Å². The lowest BCUT2D eigenvalue weighted by Crippen LogP contribution is -2.27. The Bertz CT molecular complexity index is 674. The van der Waals surface area contributed by atoms with Gasteiger partial charge in [0.05, 0.1) is 22.3 Å². The predicted octanol–water partition coefficient (Wildman–Crippen LogP) is 3.65. The van der Waals surface area contributed by atoms with Crippen LogP contribution in [0.5, 0.6) is 0 Å². The fourth-order valence-corrected chi connectivity index (χ4v) is 2.96. The van der Waals surface area contributed by atoms with Gasteiger partial charge in [0, 0.05) is 10.9 Å². The topological polar surface area (TPSA) is 62.2 Å². The maximum Gasteiger partial charge on any atom is 0.251 e. The lowest BCUT2D eigenvalue weighted by Gasteiger charge is -2.17. The average Bonchev–Trinajstić information content (AvgIpc) is 2.91. The Labute approximate surface area is 141 Å². The molecule has 0 aliphatic heterocycles. The molecule has 0 aliphatic rings. The first-order valence-electron chi connectivity index (χ1n) is 7.79. The summed E-state index contributed by atoms with van der Waals surface area (Å²) in [6, 6.07) is 7.44. The molecule has 0 radical (unpaired) electrons. The van der Waals surface area contributed by atoms with Gasteiger partial charge in [0.15, 0.2) is 0 Å². The molecule has 1 aromatic carbocycles. The number of benzene rings is 1. The van der Waals surface area contributed by atoms with E-state index in [1.807, 2.05) is 43.5 Å². The predicted molar refractivity (Wildman–Crippen MR) is 93.8 cm³/mol. The summed E-state index contributed by atoms with van der Waals surface area (Å²) in [6.45, 7) is 7.47. The molecule has 1 heterocycles. The highest BCUT2D eigenvalue weighted by molar-refractivity contribution is 7.09. The van der Waals surface area contributed by atoms with Crippen molar-refractivity contribution in [2.45, 2.75) is 52.2 Å². The molecular weight excluding hydrogens is 308 g/mol.